The summed E-state index contributed by atoms with van der Waals surface area (Å²) in [6.45, 7) is 1.65. The van der Waals surface area contributed by atoms with Gasteiger partial charge in [-0.05, 0) is 19.8 Å². The Morgan fingerprint density at radius 3 is 2.94 bits per heavy atom. The third-order valence-corrected chi connectivity index (χ3v) is 4.67. The summed E-state index contributed by atoms with van der Waals surface area (Å²) < 4.78 is 26.7. The highest BCUT2D eigenvalue weighted by atomic mass is 32.2. The quantitative estimate of drug-likeness (QED) is 0.829. The number of hydrogen-bond acceptors (Lipinski definition) is 4. The van der Waals surface area contributed by atoms with Crippen LogP contribution in [0.1, 0.15) is 25.0 Å². The lowest BCUT2D eigenvalue weighted by atomic mass is 10.1. The Hall–Kier alpha value is -1.39. The predicted molar refractivity (Wildman–Crippen MR) is 60.4 cm³/mol. The van der Waals surface area contributed by atoms with Gasteiger partial charge in [0.1, 0.15) is 4.90 Å². The molecule has 0 aliphatic heterocycles. The molecule has 1 heterocycles. The molecule has 1 aromatic rings. The summed E-state index contributed by atoms with van der Waals surface area (Å²) in [5, 5.41) is 15.2. The van der Waals surface area contributed by atoms with E-state index in [1.165, 1.54) is 6.20 Å². The van der Waals surface area contributed by atoms with Crippen molar-refractivity contribution in [2.45, 2.75) is 37.1 Å². The zero-order valence-corrected chi connectivity index (χ0v) is 10.3. The first-order chi connectivity index (χ1) is 8.04. The summed E-state index contributed by atoms with van der Waals surface area (Å²) in [5.74, 6) is -0.225. The van der Waals surface area contributed by atoms with Crippen molar-refractivity contribution in [3.8, 4) is 6.07 Å². The van der Waals surface area contributed by atoms with Crippen LogP contribution in [0.5, 0.6) is 0 Å². The number of H-pyrrole nitrogens is 1. The zero-order chi connectivity index (χ0) is 12.5. The molecular formula is C10H14N4O2S. The van der Waals surface area contributed by atoms with Crippen LogP contribution in [0, 0.1) is 24.2 Å². The molecule has 0 aromatic carbocycles. The van der Waals surface area contributed by atoms with Crippen LogP contribution in [0.15, 0.2) is 11.1 Å². The standard InChI is InChI=1S/C10H14N4O2S/c1-7-10(6-12-13-7)17(15,16)14-9-4-2-3-8(9)5-11/h6,8-9,14H,2-4H2,1H3,(H,12,13). The maximum Gasteiger partial charge on any atom is 0.244 e. The van der Waals surface area contributed by atoms with E-state index < -0.39 is 10.0 Å². The second kappa shape index (κ2) is 4.47. The Bertz CT molecular complexity index is 543. The third-order valence-electron chi connectivity index (χ3n) is 3.06. The number of aromatic amines is 1. The number of nitriles is 1. The van der Waals surface area contributed by atoms with Gasteiger partial charge in [0.15, 0.2) is 0 Å². The Balaban J connectivity index is 2.19. The van der Waals surface area contributed by atoms with E-state index in [9.17, 15) is 8.42 Å². The third kappa shape index (κ3) is 2.33. The van der Waals surface area contributed by atoms with Gasteiger partial charge in [0.2, 0.25) is 10.0 Å². The fourth-order valence-corrected chi connectivity index (χ4v) is 3.58. The van der Waals surface area contributed by atoms with Gasteiger partial charge in [-0.15, -0.1) is 0 Å². The first-order valence-electron chi connectivity index (χ1n) is 5.46. The molecule has 1 saturated carbocycles. The molecule has 2 atom stereocenters. The molecule has 6 nitrogen and oxygen atoms in total. The van der Waals surface area contributed by atoms with E-state index in [0.29, 0.717) is 12.1 Å². The van der Waals surface area contributed by atoms with E-state index in [4.69, 9.17) is 5.26 Å². The summed E-state index contributed by atoms with van der Waals surface area (Å²) in [4.78, 5) is 0.154. The Morgan fingerprint density at radius 1 is 1.59 bits per heavy atom. The molecule has 0 bridgehead atoms. The molecule has 17 heavy (non-hydrogen) atoms. The van der Waals surface area contributed by atoms with Crippen molar-refractivity contribution in [1.82, 2.24) is 14.9 Å². The molecule has 2 unspecified atom stereocenters. The van der Waals surface area contributed by atoms with Crippen molar-refractivity contribution in [1.29, 1.82) is 5.26 Å². The number of aromatic nitrogens is 2. The maximum atomic E-state index is 12.1. The van der Waals surface area contributed by atoms with E-state index in [2.05, 4.69) is 21.0 Å². The van der Waals surface area contributed by atoms with Gasteiger partial charge in [-0.1, -0.05) is 6.42 Å². The summed E-state index contributed by atoms with van der Waals surface area (Å²) in [6, 6.07) is 1.87. The normalized spacial score (nSPS) is 24.7. The van der Waals surface area contributed by atoms with Crippen LogP contribution in [-0.2, 0) is 10.0 Å². The lowest BCUT2D eigenvalue weighted by Gasteiger charge is -2.15. The van der Waals surface area contributed by atoms with E-state index in [0.717, 1.165) is 12.8 Å². The highest BCUT2D eigenvalue weighted by Crippen LogP contribution is 2.26. The number of rotatable bonds is 3. The van der Waals surface area contributed by atoms with Gasteiger partial charge in [0.25, 0.3) is 0 Å². The molecule has 1 aliphatic rings. The van der Waals surface area contributed by atoms with Crippen LogP contribution < -0.4 is 4.72 Å². The van der Waals surface area contributed by atoms with Crippen molar-refractivity contribution in [3.05, 3.63) is 11.9 Å². The van der Waals surface area contributed by atoms with Gasteiger partial charge < -0.3 is 0 Å². The zero-order valence-electron chi connectivity index (χ0n) is 9.47. The van der Waals surface area contributed by atoms with Crippen molar-refractivity contribution < 1.29 is 8.42 Å². The second-order valence-electron chi connectivity index (χ2n) is 4.25. The first kappa shape index (κ1) is 12.1. The minimum absolute atomic E-state index is 0.154. The second-order valence-corrected chi connectivity index (χ2v) is 5.94. The van der Waals surface area contributed by atoms with Gasteiger partial charge in [0.05, 0.1) is 23.9 Å². The SMILES string of the molecule is Cc1[nH]ncc1S(=O)(=O)NC1CCCC1C#N. The largest absolute Gasteiger partial charge is 0.281 e. The highest BCUT2D eigenvalue weighted by molar-refractivity contribution is 7.89. The number of nitrogens with zero attached hydrogens (tertiary/aromatic N) is 2. The Kier molecular flexibility index (Phi) is 3.17. The minimum Gasteiger partial charge on any atom is -0.281 e. The molecule has 0 spiro atoms. The molecule has 1 fully saturated rings. The number of nitrogens with one attached hydrogen (secondary N) is 2. The fraction of sp³-hybridized carbons (Fsp3) is 0.600. The number of aryl methyl sites for hydroxylation is 1. The Labute approximate surface area is 100 Å². The van der Waals surface area contributed by atoms with Crippen LogP contribution in [0.25, 0.3) is 0 Å². The van der Waals surface area contributed by atoms with E-state index in [1.54, 1.807) is 6.92 Å². The molecule has 2 N–H and O–H groups in total. The Morgan fingerprint density at radius 2 is 2.35 bits per heavy atom. The molecular weight excluding hydrogens is 240 g/mol. The number of sulfonamides is 1. The molecule has 7 heteroatoms. The van der Waals surface area contributed by atoms with Gasteiger partial charge in [-0.25, -0.2) is 13.1 Å². The smallest absolute Gasteiger partial charge is 0.244 e. The van der Waals surface area contributed by atoms with Gasteiger partial charge in [-0.2, -0.15) is 10.4 Å². The average Bonchev–Trinajstić information content (AvgIpc) is 2.86. The lowest BCUT2D eigenvalue weighted by molar-refractivity contribution is 0.515. The molecule has 0 saturated heterocycles. The van der Waals surface area contributed by atoms with Crippen LogP contribution in [-0.4, -0.2) is 24.7 Å². The monoisotopic (exact) mass is 254 g/mol. The lowest BCUT2D eigenvalue weighted by Crippen LogP contribution is -2.37. The van der Waals surface area contributed by atoms with Crippen molar-refractivity contribution >= 4 is 10.0 Å². The maximum absolute atomic E-state index is 12.1. The average molecular weight is 254 g/mol. The molecule has 0 amide bonds. The molecule has 92 valence electrons. The van der Waals surface area contributed by atoms with E-state index in [-0.39, 0.29) is 16.9 Å². The van der Waals surface area contributed by atoms with Crippen LogP contribution in [0.3, 0.4) is 0 Å². The van der Waals surface area contributed by atoms with Gasteiger partial charge in [0, 0.05) is 6.04 Å². The first-order valence-corrected chi connectivity index (χ1v) is 6.95. The molecule has 0 radical (unpaired) electrons. The van der Waals surface area contributed by atoms with E-state index >= 15 is 0 Å². The van der Waals surface area contributed by atoms with Crippen LogP contribution in [0.2, 0.25) is 0 Å². The molecule has 2 rings (SSSR count). The van der Waals surface area contributed by atoms with E-state index in [1.807, 2.05) is 0 Å². The van der Waals surface area contributed by atoms with Crippen LogP contribution in [0.4, 0.5) is 0 Å². The summed E-state index contributed by atoms with van der Waals surface area (Å²) in [6.07, 6.45) is 3.65. The number of hydrogen-bond donors (Lipinski definition) is 2. The van der Waals surface area contributed by atoms with Gasteiger partial charge >= 0.3 is 0 Å². The van der Waals surface area contributed by atoms with Crippen molar-refractivity contribution in [3.63, 3.8) is 0 Å². The van der Waals surface area contributed by atoms with Crippen molar-refractivity contribution in [2.75, 3.05) is 0 Å². The topological polar surface area (TPSA) is 98.6 Å². The highest BCUT2D eigenvalue weighted by Gasteiger charge is 2.32. The summed E-state index contributed by atoms with van der Waals surface area (Å²) >= 11 is 0. The minimum atomic E-state index is -3.57. The predicted octanol–water partition coefficient (Wildman–Crippen LogP) is 0.689. The van der Waals surface area contributed by atoms with Gasteiger partial charge in [-0.3, -0.25) is 5.10 Å². The fourth-order valence-electron chi connectivity index (χ4n) is 2.13. The van der Waals surface area contributed by atoms with Crippen molar-refractivity contribution in [2.24, 2.45) is 5.92 Å². The molecule has 1 aliphatic carbocycles. The summed E-state index contributed by atoms with van der Waals surface area (Å²) in [7, 11) is -3.57. The van der Waals surface area contributed by atoms with Crippen LogP contribution >= 0.6 is 0 Å². The summed E-state index contributed by atoms with van der Waals surface area (Å²) in [5.41, 5.74) is 0.504. The molecule has 1 aromatic heterocycles.